The molecule has 0 bridgehead atoms. The zero-order valence-corrected chi connectivity index (χ0v) is 11.8. The summed E-state index contributed by atoms with van der Waals surface area (Å²) in [6.07, 6.45) is 1.77. The molecule has 1 aromatic rings. The molecule has 0 aromatic heterocycles. The molecule has 1 N–H and O–H groups in total. The lowest BCUT2D eigenvalue weighted by molar-refractivity contribution is -0.130. The molecule has 3 nitrogen and oxygen atoms in total. The number of hydrogen-bond acceptors (Lipinski definition) is 2. The van der Waals surface area contributed by atoms with Gasteiger partial charge in [-0.1, -0.05) is 44.2 Å². The van der Waals surface area contributed by atoms with Crippen LogP contribution < -0.4 is 0 Å². The summed E-state index contributed by atoms with van der Waals surface area (Å²) in [4.78, 5) is 13.9. The van der Waals surface area contributed by atoms with Gasteiger partial charge < -0.3 is 10.0 Å². The van der Waals surface area contributed by atoms with Crippen molar-refractivity contribution in [3.05, 3.63) is 35.9 Å². The van der Waals surface area contributed by atoms with Crippen LogP contribution in [-0.4, -0.2) is 35.1 Å². The number of nitrogens with zero attached hydrogens (tertiary/aromatic N) is 1. The predicted octanol–water partition coefficient (Wildman–Crippen LogP) is 2.34. The van der Waals surface area contributed by atoms with Crippen LogP contribution in [0, 0.1) is 0 Å². The number of benzene rings is 1. The van der Waals surface area contributed by atoms with E-state index in [1.54, 1.807) is 4.90 Å². The molecule has 1 saturated heterocycles. The summed E-state index contributed by atoms with van der Waals surface area (Å²) >= 11 is 0. The topological polar surface area (TPSA) is 40.5 Å². The van der Waals surface area contributed by atoms with Crippen molar-refractivity contribution >= 4 is 5.91 Å². The first-order chi connectivity index (χ1) is 8.99. The van der Waals surface area contributed by atoms with E-state index in [1.807, 2.05) is 18.2 Å². The average molecular weight is 261 g/mol. The van der Waals surface area contributed by atoms with Gasteiger partial charge in [-0.25, -0.2) is 0 Å². The summed E-state index contributed by atoms with van der Waals surface area (Å²) < 4.78 is 0. The Morgan fingerprint density at radius 3 is 2.63 bits per heavy atom. The second-order valence-electron chi connectivity index (χ2n) is 6.03. The molecule has 1 atom stereocenters. The van der Waals surface area contributed by atoms with Crippen LogP contribution in [0.5, 0.6) is 0 Å². The molecule has 1 aromatic carbocycles. The fourth-order valence-electron chi connectivity index (χ4n) is 2.58. The van der Waals surface area contributed by atoms with E-state index in [9.17, 15) is 9.90 Å². The SMILES string of the molecule is CC(C)(CCC(=O)N1CC[C@@H](O)C1)c1ccccc1. The van der Waals surface area contributed by atoms with Crippen LogP contribution in [0.4, 0.5) is 0 Å². The number of amides is 1. The van der Waals surface area contributed by atoms with Gasteiger partial charge in [0.25, 0.3) is 0 Å². The Balaban J connectivity index is 1.89. The second-order valence-corrected chi connectivity index (χ2v) is 6.03. The predicted molar refractivity (Wildman–Crippen MR) is 75.9 cm³/mol. The molecule has 0 aliphatic carbocycles. The van der Waals surface area contributed by atoms with Gasteiger partial charge in [0.05, 0.1) is 6.10 Å². The van der Waals surface area contributed by atoms with Crippen LogP contribution in [0.3, 0.4) is 0 Å². The normalized spacial score (nSPS) is 19.7. The largest absolute Gasteiger partial charge is 0.391 e. The highest BCUT2D eigenvalue weighted by Gasteiger charge is 2.27. The lowest BCUT2D eigenvalue weighted by atomic mass is 9.80. The first-order valence-electron chi connectivity index (χ1n) is 7.00. The Bertz CT molecular complexity index is 428. The van der Waals surface area contributed by atoms with Gasteiger partial charge in [0.2, 0.25) is 5.91 Å². The molecule has 19 heavy (non-hydrogen) atoms. The maximum absolute atomic E-state index is 12.1. The fourth-order valence-corrected chi connectivity index (χ4v) is 2.58. The molecule has 3 heteroatoms. The third-order valence-electron chi connectivity index (χ3n) is 4.04. The second kappa shape index (κ2) is 5.74. The summed E-state index contributed by atoms with van der Waals surface area (Å²) in [5, 5.41) is 9.46. The molecule has 0 spiro atoms. The van der Waals surface area contributed by atoms with Gasteiger partial charge in [0.1, 0.15) is 0 Å². The fraction of sp³-hybridized carbons (Fsp3) is 0.562. The molecule has 1 fully saturated rings. The highest BCUT2D eigenvalue weighted by molar-refractivity contribution is 5.76. The van der Waals surface area contributed by atoms with Crippen molar-refractivity contribution < 1.29 is 9.90 Å². The quantitative estimate of drug-likeness (QED) is 0.903. The first-order valence-corrected chi connectivity index (χ1v) is 7.00. The zero-order valence-electron chi connectivity index (χ0n) is 11.8. The average Bonchev–Trinajstić information content (AvgIpc) is 2.84. The Hall–Kier alpha value is -1.35. The number of carbonyl (C=O) groups is 1. The van der Waals surface area contributed by atoms with Gasteiger partial charge in [-0.15, -0.1) is 0 Å². The van der Waals surface area contributed by atoms with Gasteiger partial charge in [0.15, 0.2) is 0 Å². The standard InChI is InChI=1S/C16H23NO2/c1-16(2,13-6-4-3-5-7-13)10-8-15(19)17-11-9-14(18)12-17/h3-7,14,18H,8-12H2,1-2H3/t14-/m1/s1. The van der Waals surface area contributed by atoms with Crippen LogP contribution in [-0.2, 0) is 10.2 Å². The molecular weight excluding hydrogens is 238 g/mol. The molecule has 0 radical (unpaired) electrons. The number of likely N-dealkylation sites (tertiary alicyclic amines) is 1. The number of rotatable bonds is 4. The number of carbonyl (C=O) groups excluding carboxylic acids is 1. The Labute approximate surface area is 115 Å². The number of β-amino-alcohol motifs (C(OH)–C–C–N with tert-alkyl or cyclic N) is 1. The third-order valence-corrected chi connectivity index (χ3v) is 4.04. The van der Waals surface area contributed by atoms with Gasteiger partial charge >= 0.3 is 0 Å². The monoisotopic (exact) mass is 261 g/mol. The van der Waals surface area contributed by atoms with E-state index in [0.29, 0.717) is 25.9 Å². The molecule has 0 unspecified atom stereocenters. The Morgan fingerprint density at radius 2 is 2.05 bits per heavy atom. The summed E-state index contributed by atoms with van der Waals surface area (Å²) in [7, 11) is 0. The number of aliphatic hydroxyl groups excluding tert-OH is 1. The van der Waals surface area contributed by atoms with Crippen LogP contribution in [0.15, 0.2) is 30.3 Å². The van der Waals surface area contributed by atoms with E-state index in [2.05, 4.69) is 26.0 Å². The Kier molecular flexibility index (Phi) is 4.25. The summed E-state index contributed by atoms with van der Waals surface area (Å²) in [6.45, 7) is 5.55. The molecule has 0 saturated carbocycles. The van der Waals surface area contributed by atoms with Gasteiger partial charge in [-0.05, 0) is 23.8 Å². The molecule has 1 heterocycles. The summed E-state index contributed by atoms with van der Waals surface area (Å²) in [5.41, 5.74) is 1.28. The van der Waals surface area contributed by atoms with E-state index in [1.165, 1.54) is 5.56 Å². The van der Waals surface area contributed by atoms with Crippen molar-refractivity contribution in [1.82, 2.24) is 4.90 Å². The van der Waals surface area contributed by atoms with Crippen molar-refractivity contribution in [1.29, 1.82) is 0 Å². The minimum Gasteiger partial charge on any atom is -0.391 e. The van der Waals surface area contributed by atoms with E-state index in [-0.39, 0.29) is 17.4 Å². The molecule has 104 valence electrons. The van der Waals surface area contributed by atoms with E-state index >= 15 is 0 Å². The third kappa shape index (κ3) is 3.57. The maximum atomic E-state index is 12.1. The molecule has 1 aliphatic heterocycles. The molecule has 2 rings (SSSR count). The van der Waals surface area contributed by atoms with Crippen LogP contribution in [0.25, 0.3) is 0 Å². The molecular formula is C16H23NO2. The van der Waals surface area contributed by atoms with Gasteiger partial charge in [0, 0.05) is 19.5 Å². The lowest BCUT2D eigenvalue weighted by Gasteiger charge is -2.26. The first kappa shape index (κ1) is 14.1. The zero-order chi connectivity index (χ0) is 13.9. The van der Waals surface area contributed by atoms with Crippen molar-refractivity contribution in [2.24, 2.45) is 0 Å². The maximum Gasteiger partial charge on any atom is 0.222 e. The van der Waals surface area contributed by atoms with Crippen molar-refractivity contribution in [2.45, 2.75) is 44.6 Å². The van der Waals surface area contributed by atoms with Crippen molar-refractivity contribution in [3.63, 3.8) is 0 Å². The minimum atomic E-state index is -0.328. The van der Waals surface area contributed by atoms with E-state index in [0.717, 1.165) is 6.42 Å². The van der Waals surface area contributed by atoms with E-state index < -0.39 is 0 Å². The number of aliphatic hydroxyl groups is 1. The van der Waals surface area contributed by atoms with Crippen LogP contribution >= 0.6 is 0 Å². The van der Waals surface area contributed by atoms with Crippen LogP contribution in [0.2, 0.25) is 0 Å². The minimum absolute atomic E-state index is 0.00919. The summed E-state index contributed by atoms with van der Waals surface area (Å²) in [6, 6.07) is 10.3. The van der Waals surface area contributed by atoms with Crippen molar-refractivity contribution in [3.8, 4) is 0 Å². The smallest absolute Gasteiger partial charge is 0.222 e. The van der Waals surface area contributed by atoms with E-state index in [4.69, 9.17) is 0 Å². The summed E-state index contributed by atoms with van der Waals surface area (Å²) in [5.74, 6) is 0.167. The lowest BCUT2D eigenvalue weighted by Crippen LogP contribution is -2.31. The number of hydrogen-bond donors (Lipinski definition) is 1. The van der Waals surface area contributed by atoms with Crippen LogP contribution in [0.1, 0.15) is 38.7 Å². The molecule has 1 aliphatic rings. The Morgan fingerprint density at radius 1 is 1.37 bits per heavy atom. The van der Waals surface area contributed by atoms with Crippen molar-refractivity contribution in [2.75, 3.05) is 13.1 Å². The molecule has 1 amide bonds. The highest BCUT2D eigenvalue weighted by Crippen LogP contribution is 2.28. The highest BCUT2D eigenvalue weighted by atomic mass is 16.3. The van der Waals surface area contributed by atoms with Gasteiger partial charge in [-0.3, -0.25) is 4.79 Å². The van der Waals surface area contributed by atoms with Gasteiger partial charge in [-0.2, -0.15) is 0 Å².